The Bertz CT molecular complexity index is 661. The Hall–Kier alpha value is -0.470. The van der Waals surface area contributed by atoms with Gasteiger partial charge in [0.05, 0.1) is 29.8 Å². The summed E-state index contributed by atoms with van der Waals surface area (Å²) in [6.45, 7) is 1.55. The third-order valence-corrected chi connectivity index (χ3v) is 6.68. The molecule has 2 aliphatic heterocycles. The standard InChI is InChI=1S/C14H18BrNO4S/c1-8-11(15)4-9(7-17)5-14(8)21(18,19)16-12-6-10-2-3-13(12)20-10/h4-5,10,12-13,16-17H,2-3,6-7H2,1H3. The Labute approximate surface area is 132 Å². The van der Waals surface area contributed by atoms with E-state index in [0.29, 0.717) is 15.6 Å². The van der Waals surface area contributed by atoms with Crippen molar-refractivity contribution in [1.82, 2.24) is 4.72 Å². The van der Waals surface area contributed by atoms with E-state index in [-0.39, 0.29) is 29.8 Å². The number of hydrogen-bond acceptors (Lipinski definition) is 4. The zero-order valence-electron chi connectivity index (χ0n) is 11.7. The fraction of sp³-hybridized carbons (Fsp3) is 0.571. The van der Waals surface area contributed by atoms with Crippen molar-refractivity contribution in [3.05, 3.63) is 27.7 Å². The molecule has 1 aromatic carbocycles. The molecule has 21 heavy (non-hydrogen) atoms. The van der Waals surface area contributed by atoms with Gasteiger partial charge in [0.15, 0.2) is 0 Å². The number of hydrogen-bond donors (Lipinski definition) is 2. The minimum atomic E-state index is -3.62. The highest BCUT2D eigenvalue weighted by Gasteiger charge is 2.42. The van der Waals surface area contributed by atoms with Gasteiger partial charge in [-0.25, -0.2) is 13.1 Å². The molecule has 2 N–H and O–H groups in total. The summed E-state index contributed by atoms with van der Waals surface area (Å²) < 4.78 is 34.4. The predicted octanol–water partition coefficient (Wildman–Crippen LogP) is 1.85. The van der Waals surface area contributed by atoms with Crippen LogP contribution >= 0.6 is 15.9 Å². The normalized spacial score (nSPS) is 28.2. The highest BCUT2D eigenvalue weighted by Crippen LogP contribution is 2.35. The van der Waals surface area contributed by atoms with Crippen LogP contribution in [0.25, 0.3) is 0 Å². The summed E-state index contributed by atoms with van der Waals surface area (Å²) in [7, 11) is -3.62. The number of aliphatic hydroxyl groups excluding tert-OH is 1. The van der Waals surface area contributed by atoms with E-state index in [4.69, 9.17) is 4.74 Å². The van der Waals surface area contributed by atoms with Crippen LogP contribution in [0.4, 0.5) is 0 Å². The van der Waals surface area contributed by atoms with Crippen LogP contribution in [0.5, 0.6) is 0 Å². The molecule has 2 aliphatic rings. The van der Waals surface area contributed by atoms with E-state index in [1.54, 1.807) is 13.0 Å². The second-order valence-corrected chi connectivity index (χ2v) is 8.23. The number of halogens is 1. The number of fused-ring (bicyclic) bond motifs is 2. The third-order valence-electron chi connectivity index (χ3n) is 4.24. The maximum atomic E-state index is 12.6. The molecule has 0 aromatic heterocycles. The maximum absolute atomic E-state index is 12.6. The number of nitrogens with one attached hydrogen (secondary N) is 1. The number of ether oxygens (including phenoxy) is 1. The van der Waals surface area contributed by atoms with Crippen molar-refractivity contribution in [3.8, 4) is 0 Å². The largest absolute Gasteiger partial charge is 0.392 e. The first kappa shape index (κ1) is 15.4. The van der Waals surface area contributed by atoms with Gasteiger partial charge in [0, 0.05) is 4.47 Å². The van der Waals surface area contributed by atoms with Gasteiger partial charge < -0.3 is 9.84 Å². The van der Waals surface area contributed by atoms with Gasteiger partial charge in [-0.2, -0.15) is 0 Å². The molecule has 0 spiro atoms. The Balaban J connectivity index is 1.89. The van der Waals surface area contributed by atoms with Crippen LogP contribution in [-0.4, -0.2) is 31.8 Å². The van der Waals surface area contributed by atoms with Gasteiger partial charge in [0.2, 0.25) is 10.0 Å². The van der Waals surface area contributed by atoms with Gasteiger partial charge in [-0.15, -0.1) is 0 Å². The molecule has 2 bridgehead atoms. The SMILES string of the molecule is Cc1c(Br)cc(CO)cc1S(=O)(=O)NC1CC2CCC1O2. The van der Waals surface area contributed by atoms with Crippen molar-refractivity contribution in [2.45, 2.75) is 55.9 Å². The molecule has 3 unspecified atom stereocenters. The average molecular weight is 376 g/mol. The monoisotopic (exact) mass is 375 g/mol. The van der Waals surface area contributed by atoms with E-state index in [2.05, 4.69) is 20.7 Å². The van der Waals surface area contributed by atoms with Gasteiger partial charge >= 0.3 is 0 Å². The van der Waals surface area contributed by atoms with Gasteiger partial charge in [0.25, 0.3) is 0 Å². The van der Waals surface area contributed by atoms with E-state index in [1.807, 2.05) is 0 Å². The van der Waals surface area contributed by atoms with Crippen molar-refractivity contribution in [1.29, 1.82) is 0 Å². The molecule has 1 aromatic rings. The minimum Gasteiger partial charge on any atom is -0.392 e. The van der Waals surface area contributed by atoms with E-state index < -0.39 is 10.0 Å². The van der Waals surface area contributed by atoms with Crippen LogP contribution in [0, 0.1) is 6.92 Å². The van der Waals surface area contributed by atoms with Crippen molar-refractivity contribution in [3.63, 3.8) is 0 Å². The van der Waals surface area contributed by atoms with Gasteiger partial charge in [-0.1, -0.05) is 15.9 Å². The average Bonchev–Trinajstić information content (AvgIpc) is 3.03. The summed E-state index contributed by atoms with van der Waals surface area (Å²) in [5.74, 6) is 0. The molecule has 0 saturated carbocycles. The van der Waals surface area contributed by atoms with Crippen molar-refractivity contribution < 1.29 is 18.3 Å². The molecule has 2 heterocycles. The lowest BCUT2D eigenvalue weighted by molar-refractivity contribution is 0.0996. The van der Waals surface area contributed by atoms with E-state index in [0.717, 1.165) is 19.3 Å². The van der Waals surface area contributed by atoms with Gasteiger partial charge in [-0.3, -0.25) is 0 Å². The number of sulfonamides is 1. The van der Waals surface area contributed by atoms with Gasteiger partial charge in [-0.05, 0) is 49.4 Å². The summed E-state index contributed by atoms with van der Waals surface area (Å²) in [5.41, 5.74) is 1.21. The molecular weight excluding hydrogens is 358 g/mol. The Morgan fingerprint density at radius 3 is 2.76 bits per heavy atom. The van der Waals surface area contributed by atoms with E-state index in [9.17, 15) is 13.5 Å². The molecule has 0 amide bonds. The molecule has 2 saturated heterocycles. The summed E-state index contributed by atoms with van der Waals surface area (Å²) >= 11 is 3.35. The summed E-state index contributed by atoms with van der Waals surface area (Å²) in [4.78, 5) is 0.212. The fourth-order valence-corrected chi connectivity index (χ4v) is 5.33. The first-order chi connectivity index (χ1) is 9.90. The molecule has 3 atom stereocenters. The summed E-state index contributed by atoms with van der Waals surface area (Å²) in [5, 5.41) is 9.26. The second kappa shape index (κ2) is 5.62. The van der Waals surface area contributed by atoms with Crippen LogP contribution in [0.15, 0.2) is 21.5 Å². The van der Waals surface area contributed by atoms with Gasteiger partial charge in [0.1, 0.15) is 0 Å². The lowest BCUT2D eigenvalue weighted by atomic mass is 9.96. The lowest BCUT2D eigenvalue weighted by Crippen LogP contribution is -2.41. The fourth-order valence-electron chi connectivity index (χ4n) is 3.10. The van der Waals surface area contributed by atoms with Crippen LogP contribution in [0.3, 0.4) is 0 Å². The molecular formula is C14H18BrNO4S. The molecule has 5 nitrogen and oxygen atoms in total. The second-order valence-electron chi connectivity index (χ2n) is 5.70. The minimum absolute atomic E-state index is 0.00505. The highest BCUT2D eigenvalue weighted by atomic mass is 79.9. The molecule has 0 aliphatic carbocycles. The zero-order valence-corrected chi connectivity index (χ0v) is 14.1. The summed E-state index contributed by atoms with van der Waals surface area (Å²) in [6, 6.07) is 3.11. The highest BCUT2D eigenvalue weighted by molar-refractivity contribution is 9.10. The molecule has 3 rings (SSSR count). The van der Waals surface area contributed by atoms with Crippen molar-refractivity contribution in [2.24, 2.45) is 0 Å². The predicted molar refractivity (Wildman–Crippen MR) is 81.4 cm³/mol. The van der Waals surface area contributed by atoms with E-state index in [1.165, 1.54) is 6.07 Å². The van der Waals surface area contributed by atoms with Crippen LogP contribution < -0.4 is 4.72 Å². The molecule has 116 valence electrons. The van der Waals surface area contributed by atoms with Crippen LogP contribution in [0.2, 0.25) is 0 Å². The molecule has 7 heteroatoms. The number of aliphatic hydroxyl groups is 1. The van der Waals surface area contributed by atoms with E-state index >= 15 is 0 Å². The maximum Gasteiger partial charge on any atom is 0.241 e. The van der Waals surface area contributed by atoms with Crippen molar-refractivity contribution in [2.75, 3.05) is 0 Å². The van der Waals surface area contributed by atoms with Crippen LogP contribution in [-0.2, 0) is 21.4 Å². The Kier molecular flexibility index (Phi) is 4.13. The number of rotatable bonds is 4. The Morgan fingerprint density at radius 1 is 1.43 bits per heavy atom. The quantitative estimate of drug-likeness (QED) is 0.841. The Morgan fingerprint density at radius 2 is 2.19 bits per heavy atom. The van der Waals surface area contributed by atoms with Crippen LogP contribution in [0.1, 0.15) is 30.4 Å². The van der Waals surface area contributed by atoms with Crippen molar-refractivity contribution >= 4 is 26.0 Å². The molecule has 2 fully saturated rings. The third kappa shape index (κ3) is 2.90. The number of benzene rings is 1. The zero-order chi connectivity index (χ0) is 15.2. The topological polar surface area (TPSA) is 75.6 Å². The lowest BCUT2D eigenvalue weighted by Gasteiger charge is -2.21. The summed E-state index contributed by atoms with van der Waals surface area (Å²) in [6.07, 6.45) is 2.86. The first-order valence-corrected chi connectivity index (χ1v) is 9.26. The smallest absolute Gasteiger partial charge is 0.241 e. The first-order valence-electron chi connectivity index (χ1n) is 6.98. The molecule has 0 radical (unpaired) electrons.